The van der Waals surface area contributed by atoms with Crippen molar-refractivity contribution in [3.05, 3.63) is 29.8 Å². The van der Waals surface area contributed by atoms with Gasteiger partial charge in [0.1, 0.15) is 0 Å². The second kappa shape index (κ2) is 10.5. The Morgan fingerprint density at radius 1 is 1.31 bits per heavy atom. The van der Waals surface area contributed by atoms with E-state index in [1.807, 2.05) is 24.3 Å². The Morgan fingerprint density at radius 2 is 2.07 bits per heavy atom. The van der Waals surface area contributed by atoms with Crippen LogP contribution in [-0.4, -0.2) is 64.2 Å². The Hall–Kier alpha value is -1.56. The standard InChI is InChI=1S/C19H29N5O3S.HI/c1-21-19(23-10-4-5-15(14-23)13-18(20)25)22-9-12-28(26,27)24-11-8-16-6-2-3-7-17(16)24;/h2-3,6-7,15H,4-5,8-14H2,1H3,(H2,20,25)(H,21,22);1H. The number of fused-ring (bicyclic) bond motifs is 1. The molecule has 1 atom stereocenters. The molecule has 1 unspecified atom stereocenters. The van der Waals surface area contributed by atoms with Gasteiger partial charge in [0, 0.05) is 39.6 Å². The van der Waals surface area contributed by atoms with Crippen LogP contribution in [0.15, 0.2) is 29.3 Å². The first kappa shape index (κ1) is 23.7. The minimum Gasteiger partial charge on any atom is -0.370 e. The van der Waals surface area contributed by atoms with Crippen LogP contribution in [0.25, 0.3) is 0 Å². The van der Waals surface area contributed by atoms with Crippen LogP contribution in [0.3, 0.4) is 0 Å². The molecule has 29 heavy (non-hydrogen) atoms. The lowest BCUT2D eigenvalue weighted by Gasteiger charge is -2.34. The molecule has 0 spiro atoms. The lowest BCUT2D eigenvalue weighted by atomic mass is 9.95. The third kappa shape index (κ3) is 5.97. The van der Waals surface area contributed by atoms with Crippen molar-refractivity contribution in [2.75, 3.05) is 43.3 Å². The Balaban J connectivity index is 0.00000300. The molecule has 1 aromatic carbocycles. The number of benzene rings is 1. The summed E-state index contributed by atoms with van der Waals surface area (Å²) in [7, 11) is -1.71. The van der Waals surface area contributed by atoms with E-state index in [4.69, 9.17) is 5.73 Å². The van der Waals surface area contributed by atoms with Crippen molar-refractivity contribution in [2.45, 2.75) is 25.7 Å². The summed E-state index contributed by atoms with van der Waals surface area (Å²) in [6.07, 6.45) is 3.05. The van der Waals surface area contributed by atoms with E-state index in [-0.39, 0.29) is 48.1 Å². The molecule has 0 saturated carbocycles. The van der Waals surface area contributed by atoms with E-state index in [0.29, 0.717) is 25.5 Å². The normalized spacial score (nSPS) is 19.5. The molecule has 2 aliphatic rings. The minimum atomic E-state index is -3.40. The number of nitrogens with one attached hydrogen (secondary N) is 1. The third-order valence-electron chi connectivity index (χ3n) is 5.34. The highest BCUT2D eigenvalue weighted by atomic mass is 127. The van der Waals surface area contributed by atoms with E-state index in [0.717, 1.165) is 37.1 Å². The number of sulfonamides is 1. The number of amides is 1. The van der Waals surface area contributed by atoms with Gasteiger partial charge in [-0.2, -0.15) is 0 Å². The highest BCUT2D eigenvalue weighted by molar-refractivity contribution is 14.0. The molecule has 3 N–H and O–H groups in total. The number of hydrogen-bond acceptors (Lipinski definition) is 4. The van der Waals surface area contributed by atoms with Gasteiger partial charge in [0.05, 0.1) is 11.4 Å². The highest BCUT2D eigenvalue weighted by Gasteiger charge is 2.29. The fraction of sp³-hybridized carbons (Fsp3) is 0.579. The summed E-state index contributed by atoms with van der Waals surface area (Å²) in [6.45, 7) is 2.32. The molecular weight excluding hydrogens is 505 g/mol. The molecule has 0 bridgehead atoms. The number of primary amides is 1. The number of piperidine rings is 1. The van der Waals surface area contributed by atoms with Crippen molar-refractivity contribution >= 4 is 51.6 Å². The van der Waals surface area contributed by atoms with Crippen LogP contribution in [0.4, 0.5) is 5.69 Å². The van der Waals surface area contributed by atoms with Gasteiger partial charge in [-0.15, -0.1) is 24.0 Å². The predicted octanol–water partition coefficient (Wildman–Crippen LogP) is 1.16. The first-order chi connectivity index (χ1) is 13.4. The SMILES string of the molecule is CN=C(NCCS(=O)(=O)N1CCc2ccccc21)N1CCCC(CC(N)=O)C1.I. The Morgan fingerprint density at radius 3 is 2.79 bits per heavy atom. The molecule has 0 aromatic heterocycles. The van der Waals surface area contributed by atoms with Crippen LogP contribution in [0.2, 0.25) is 0 Å². The van der Waals surface area contributed by atoms with Gasteiger partial charge in [-0.1, -0.05) is 18.2 Å². The van der Waals surface area contributed by atoms with Gasteiger partial charge in [-0.25, -0.2) is 8.42 Å². The molecule has 0 aliphatic carbocycles. The largest absolute Gasteiger partial charge is 0.370 e. The summed E-state index contributed by atoms with van der Waals surface area (Å²) in [5.74, 6) is 0.603. The van der Waals surface area contributed by atoms with E-state index in [9.17, 15) is 13.2 Å². The third-order valence-corrected chi connectivity index (χ3v) is 7.11. The minimum absolute atomic E-state index is 0. The first-order valence-electron chi connectivity index (χ1n) is 9.73. The summed E-state index contributed by atoms with van der Waals surface area (Å²) in [6, 6.07) is 7.64. The number of rotatable bonds is 6. The quantitative estimate of drug-likeness (QED) is 0.323. The number of nitrogens with two attached hydrogens (primary N) is 1. The predicted molar refractivity (Wildman–Crippen MR) is 126 cm³/mol. The van der Waals surface area contributed by atoms with Gasteiger partial charge >= 0.3 is 0 Å². The molecule has 3 rings (SSSR count). The number of anilines is 1. The van der Waals surface area contributed by atoms with Crippen molar-refractivity contribution in [1.82, 2.24) is 10.2 Å². The van der Waals surface area contributed by atoms with Gasteiger partial charge in [-0.3, -0.25) is 14.1 Å². The van der Waals surface area contributed by atoms with Crippen molar-refractivity contribution in [2.24, 2.45) is 16.6 Å². The van der Waals surface area contributed by atoms with Crippen molar-refractivity contribution < 1.29 is 13.2 Å². The molecular formula is C19H30IN5O3S. The number of halogens is 1. The number of likely N-dealkylation sites (tertiary alicyclic amines) is 1. The highest BCUT2D eigenvalue weighted by Crippen LogP contribution is 2.29. The number of hydrogen-bond donors (Lipinski definition) is 2. The molecule has 0 radical (unpaired) electrons. The summed E-state index contributed by atoms with van der Waals surface area (Å²) < 4.78 is 27.1. The zero-order chi connectivity index (χ0) is 20.1. The topological polar surface area (TPSA) is 108 Å². The Labute approximate surface area is 190 Å². The van der Waals surface area contributed by atoms with E-state index >= 15 is 0 Å². The zero-order valence-corrected chi connectivity index (χ0v) is 19.9. The Bertz CT molecular complexity index is 846. The van der Waals surface area contributed by atoms with Gasteiger partial charge in [0.2, 0.25) is 15.9 Å². The van der Waals surface area contributed by atoms with Crippen LogP contribution in [0.5, 0.6) is 0 Å². The van der Waals surface area contributed by atoms with Crippen molar-refractivity contribution in [3.8, 4) is 0 Å². The Kier molecular flexibility index (Phi) is 8.56. The maximum atomic E-state index is 12.8. The monoisotopic (exact) mass is 535 g/mol. The molecule has 10 heteroatoms. The smallest absolute Gasteiger partial charge is 0.236 e. The molecule has 8 nitrogen and oxygen atoms in total. The van der Waals surface area contributed by atoms with Crippen LogP contribution >= 0.6 is 24.0 Å². The van der Waals surface area contributed by atoms with E-state index in [1.54, 1.807) is 7.05 Å². The van der Waals surface area contributed by atoms with Gasteiger partial charge < -0.3 is 16.0 Å². The number of para-hydroxylation sites is 1. The van der Waals surface area contributed by atoms with Crippen molar-refractivity contribution in [1.29, 1.82) is 0 Å². The van der Waals surface area contributed by atoms with Crippen molar-refractivity contribution in [3.63, 3.8) is 0 Å². The van der Waals surface area contributed by atoms with Crippen LogP contribution in [0, 0.1) is 5.92 Å². The van der Waals surface area contributed by atoms with Crippen LogP contribution < -0.4 is 15.4 Å². The maximum absolute atomic E-state index is 12.8. The van der Waals surface area contributed by atoms with E-state index in [1.165, 1.54) is 4.31 Å². The van der Waals surface area contributed by atoms with E-state index in [2.05, 4.69) is 15.2 Å². The van der Waals surface area contributed by atoms with E-state index < -0.39 is 10.0 Å². The molecule has 2 aliphatic heterocycles. The number of carbonyl (C=O) groups is 1. The second-order valence-electron chi connectivity index (χ2n) is 7.37. The summed E-state index contributed by atoms with van der Waals surface area (Å²) in [5, 5.41) is 3.17. The molecule has 1 saturated heterocycles. The van der Waals surface area contributed by atoms with Gasteiger partial charge in [0.15, 0.2) is 5.96 Å². The lowest BCUT2D eigenvalue weighted by molar-refractivity contribution is -0.119. The molecule has 1 aromatic rings. The first-order valence-corrected chi connectivity index (χ1v) is 11.3. The average molecular weight is 535 g/mol. The second-order valence-corrected chi connectivity index (χ2v) is 9.38. The summed E-state index contributed by atoms with van der Waals surface area (Å²) in [5.41, 5.74) is 7.19. The van der Waals surface area contributed by atoms with Crippen LogP contribution in [-0.2, 0) is 21.2 Å². The van der Waals surface area contributed by atoms with Crippen LogP contribution in [0.1, 0.15) is 24.8 Å². The summed E-state index contributed by atoms with van der Waals surface area (Å²) in [4.78, 5) is 17.6. The average Bonchev–Trinajstić information content (AvgIpc) is 3.10. The number of carbonyl (C=O) groups excluding carboxylic acids is 1. The molecule has 1 amide bonds. The maximum Gasteiger partial charge on any atom is 0.236 e. The lowest BCUT2D eigenvalue weighted by Crippen LogP contribution is -2.48. The fourth-order valence-corrected chi connectivity index (χ4v) is 5.47. The molecule has 162 valence electrons. The van der Waals surface area contributed by atoms with Gasteiger partial charge in [-0.05, 0) is 36.8 Å². The molecule has 1 fully saturated rings. The number of guanidine groups is 1. The zero-order valence-electron chi connectivity index (χ0n) is 16.7. The fourth-order valence-electron chi connectivity index (χ4n) is 4.04. The van der Waals surface area contributed by atoms with Gasteiger partial charge in [0.25, 0.3) is 0 Å². The summed E-state index contributed by atoms with van der Waals surface area (Å²) >= 11 is 0. The number of aliphatic imine (C=N–C) groups is 1. The number of nitrogens with zero attached hydrogens (tertiary/aromatic N) is 3. The molecule has 2 heterocycles.